The molecule has 4 fully saturated rings. The number of ether oxygens (including phenoxy) is 7. The van der Waals surface area contributed by atoms with Gasteiger partial charge in [0.1, 0.15) is 18.8 Å². The van der Waals surface area contributed by atoms with Crippen molar-refractivity contribution in [1.82, 2.24) is 0 Å². The first-order valence-electron chi connectivity index (χ1n) is 6.87. The summed E-state index contributed by atoms with van der Waals surface area (Å²) in [6, 6.07) is 0. The van der Waals surface area contributed by atoms with Crippen molar-refractivity contribution in [1.29, 1.82) is 0 Å². The molecule has 0 amide bonds. The smallest absolute Gasteiger partial charge is 0.224 e. The van der Waals surface area contributed by atoms with Crippen LogP contribution in [0.3, 0.4) is 0 Å². The highest BCUT2D eigenvalue weighted by Crippen LogP contribution is 2.43. The number of hydrogen-bond acceptors (Lipinski definition) is 8. The Balaban J connectivity index is 1.25. The van der Waals surface area contributed by atoms with Crippen molar-refractivity contribution < 1.29 is 38.3 Å². The van der Waals surface area contributed by atoms with Gasteiger partial charge in [0.2, 0.25) is 5.79 Å². The molecule has 0 radical (unpaired) electrons. The van der Waals surface area contributed by atoms with Gasteiger partial charge < -0.3 is 38.3 Å². The Kier molecular flexibility index (Phi) is 3.44. The number of epoxide rings is 2. The van der Waals surface area contributed by atoms with Crippen LogP contribution in [-0.4, -0.2) is 81.4 Å². The van der Waals surface area contributed by atoms with Gasteiger partial charge in [-0.1, -0.05) is 0 Å². The average Bonchev–Trinajstić information content (AvgIpc) is 3.21. The number of aliphatic hydroxyl groups is 1. The zero-order valence-corrected chi connectivity index (χ0v) is 10.9. The van der Waals surface area contributed by atoms with Crippen molar-refractivity contribution in [2.24, 2.45) is 0 Å². The molecule has 0 aromatic rings. The van der Waals surface area contributed by atoms with E-state index in [2.05, 4.69) is 0 Å². The van der Waals surface area contributed by atoms with Crippen LogP contribution in [0.1, 0.15) is 0 Å². The number of rotatable bonds is 6. The summed E-state index contributed by atoms with van der Waals surface area (Å²) in [5.74, 6) is -1.02. The number of hydrogen-bond donors (Lipinski definition) is 1. The van der Waals surface area contributed by atoms with Gasteiger partial charge in [0.15, 0.2) is 18.7 Å². The first kappa shape index (κ1) is 13.4. The minimum absolute atomic E-state index is 0.0863. The molecule has 8 nitrogen and oxygen atoms in total. The van der Waals surface area contributed by atoms with E-state index in [9.17, 15) is 5.11 Å². The number of aliphatic hydroxyl groups excluding tert-OH is 1. The summed E-state index contributed by atoms with van der Waals surface area (Å²) in [6.45, 7) is 2.35. The SMILES string of the molecule is OCC1(OCC2OC2C2OCCO2)OC1C1OCCO1. The predicted molar refractivity (Wildman–Crippen MR) is 60.7 cm³/mol. The predicted octanol–water partition coefficient (Wildman–Crippen LogP) is -1.40. The lowest BCUT2D eigenvalue weighted by Crippen LogP contribution is -2.33. The Labute approximate surface area is 115 Å². The van der Waals surface area contributed by atoms with E-state index in [4.69, 9.17) is 33.2 Å². The van der Waals surface area contributed by atoms with Gasteiger partial charge >= 0.3 is 0 Å². The van der Waals surface area contributed by atoms with Crippen molar-refractivity contribution >= 4 is 0 Å². The Hall–Kier alpha value is -0.320. The molecule has 4 heterocycles. The third-order valence-corrected chi connectivity index (χ3v) is 3.85. The summed E-state index contributed by atoms with van der Waals surface area (Å²) < 4.78 is 38.0. The second-order valence-electron chi connectivity index (χ2n) is 5.18. The van der Waals surface area contributed by atoms with Crippen LogP contribution in [0.25, 0.3) is 0 Å². The third kappa shape index (κ3) is 2.36. The summed E-state index contributed by atoms with van der Waals surface area (Å²) in [4.78, 5) is 0. The average molecular weight is 290 g/mol. The molecule has 114 valence electrons. The van der Waals surface area contributed by atoms with Crippen LogP contribution in [0.15, 0.2) is 0 Å². The monoisotopic (exact) mass is 290 g/mol. The molecule has 20 heavy (non-hydrogen) atoms. The fraction of sp³-hybridized carbons (Fsp3) is 1.00. The second kappa shape index (κ2) is 5.15. The molecule has 0 spiro atoms. The van der Waals surface area contributed by atoms with Crippen molar-refractivity contribution in [3.8, 4) is 0 Å². The lowest BCUT2D eigenvalue weighted by molar-refractivity contribution is -0.0894. The second-order valence-corrected chi connectivity index (χ2v) is 5.18. The van der Waals surface area contributed by atoms with Crippen molar-refractivity contribution in [2.75, 3.05) is 39.6 Å². The van der Waals surface area contributed by atoms with Crippen LogP contribution in [0, 0.1) is 0 Å². The molecule has 0 bridgehead atoms. The largest absolute Gasteiger partial charge is 0.391 e. The van der Waals surface area contributed by atoms with E-state index in [-0.39, 0.29) is 31.2 Å². The summed E-state index contributed by atoms with van der Waals surface area (Å²) in [7, 11) is 0. The van der Waals surface area contributed by atoms with E-state index in [0.717, 1.165) is 0 Å². The van der Waals surface area contributed by atoms with Crippen molar-refractivity contribution in [3.63, 3.8) is 0 Å². The Morgan fingerprint density at radius 1 is 1.00 bits per heavy atom. The van der Waals surface area contributed by atoms with Crippen LogP contribution in [0.5, 0.6) is 0 Å². The summed E-state index contributed by atoms with van der Waals surface area (Å²) in [6.07, 6.45) is -1.32. The first-order chi connectivity index (χ1) is 9.82. The quantitative estimate of drug-likeness (QED) is 0.597. The molecule has 4 rings (SSSR count). The topological polar surface area (TPSA) is 91.4 Å². The van der Waals surface area contributed by atoms with Crippen LogP contribution in [0.4, 0.5) is 0 Å². The molecule has 0 aliphatic carbocycles. The molecular weight excluding hydrogens is 272 g/mol. The zero-order chi connectivity index (χ0) is 13.6. The van der Waals surface area contributed by atoms with Crippen LogP contribution in [0.2, 0.25) is 0 Å². The van der Waals surface area contributed by atoms with E-state index in [1.54, 1.807) is 0 Å². The molecule has 4 aliphatic heterocycles. The molecular formula is C12H18O8. The highest BCUT2D eigenvalue weighted by Gasteiger charge is 2.64. The van der Waals surface area contributed by atoms with Gasteiger partial charge in [-0.05, 0) is 0 Å². The van der Waals surface area contributed by atoms with E-state index in [0.29, 0.717) is 33.0 Å². The van der Waals surface area contributed by atoms with Gasteiger partial charge in [-0.15, -0.1) is 0 Å². The van der Waals surface area contributed by atoms with Crippen molar-refractivity contribution in [3.05, 3.63) is 0 Å². The van der Waals surface area contributed by atoms with Crippen molar-refractivity contribution in [2.45, 2.75) is 36.7 Å². The minimum atomic E-state index is -1.02. The highest BCUT2D eigenvalue weighted by molar-refractivity contribution is 4.99. The fourth-order valence-electron chi connectivity index (χ4n) is 2.60. The molecule has 4 aliphatic rings. The molecule has 4 atom stereocenters. The Morgan fingerprint density at radius 2 is 1.65 bits per heavy atom. The fourth-order valence-corrected chi connectivity index (χ4v) is 2.60. The summed E-state index contributed by atoms with van der Waals surface area (Å²) in [5.41, 5.74) is 0. The molecule has 4 saturated heterocycles. The van der Waals surface area contributed by atoms with Gasteiger partial charge in [-0.25, -0.2) is 0 Å². The zero-order valence-electron chi connectivity index (χ0n) is 10.9. The lowest BCUT2D eigenvalue weighted by Gasteiger charge is -2.13. The molecule has 1 N–H and O–H groups in total. The van der Waals surface area contributed by atoms with E-state index < -0.39 is 12.1 Å². The third-order valence-electron chi connectivity index (χ3n) is 3.85. The first-order valence-corrected chi connectivity index (χ1v) is 6.87. The minimum Gasteiger partial charge on any atom is -0.391 e. The maximum absolute atomic E-state index is 9.45. The molecule has 8 heteroatoms. The summed E-state index contributed by atoms with van der Waals surface area (Å²) in [5, 5.41) is 9.45. The van der Waals surface area contributed by atoms with Gasteiger partial charge in [0.05, 0.1) is 33.0 Å². The maximum Gasteiger partial charge on any atom is 0.224 e. The lowest BCUT2D eigenvalue weighted by atomic mass is 10.2. The van der Waals surface area contributed by atoms with Crippen LogP contribution >= 0.6 is 0 Å². The van der Waals surface area contributed by atoms with Crippen LogP contribution < -0.4 is 0 Å². The normalized spacial score (nSPS) is 45.1. The highest BCUT2D eigenvalue weighted by atomic mass is 16.8. The van der Waals surface area contributed by atoms with Gasteiger partial charge in [0, 0.05) is 0 Å². The molecule has 4 unspecified atom stereocenters. The Bertz CT molecular complexity index is 353. The Morgan fingerprint density at radius 3 is 2.30 bits per heavy atom. The van der Waals surface area contributed by atoms with E-state index in [1.807, 2.05) is 0 Å². The van der Waals surface area contributed by atoms with E-state index >= 15 is 0 Å². The standard InChI is InChI=1S/C12H18O8/c13-6-12(9(20-12)11-16-3-4-17-11)18-5-7-8(19-7)10-14-1-2-15-10/h7-11,13H,1-6H2. The van der Waals surface area contributed by atoms with Gasteiger partial charge in [-0.3, -0.25) is 0 Å². The maximum atomic E-state index is 9.45. The van der Waals surface area contributed by atoms with Crippen LogP contribution in [-0.2, 0) is 33.2 Å². The molecule has 0 aromatic carbocycles. The summed E-state index contributed by atoms with van der Waals surface area (Å²) >= 11 is 0. The molecule has 0 aromatic heterocycles. The molecule has 0 saturated carbocycles. The van der Waals surface area contributed by atoms with Gasteiger partial charge in [0.25, 0.3) is 0 Å². The van der Waals surface area contributed by atoms with Gasteiger partial charge in [-0.2, -0.15) is 0 Å². The van der Waals surface area contributed by atoms with E-state index in [1.165, 1.54) is 0 Å².